The minimum Gasteiger partial charge on any atom is -0.481 e. The summed E-state index contributed by atoms with van der Waals surface area (Å²) in [7, 11) is 3.05. The van der Waals surface area contributed by atoms with Crippen molar-refractivity contribution in [3.8, 4) is 17.4 Å². The van der Waals surface area contributed by atoms with Crippen molar-refractivity contribution in [1.82, 2.24) is 39.7 Å². The number of amides is 2. The van der Waals surface area contributed by atoms with E-state index in [-0.39, 0.29) is 66.7 Å². The molecule has 2 N–H and O–H groups in total. The zero-order valence-electron chi connectivity index (χ0n) is 31.2. The Morgan fingerprint density at radius 2 is 1.77 bits per heavy atom. The molecular weight excluding hydrogens is 682 g/mol. The van der Waals surface area contributed by atoms with E-state index in [1.807, 2.05) is 11.8 Å². The third-order valence-corrected chi connectivity index (χ3v) is 11.2. The van der Waals surface area contributed by atoms with E-state index in [4.69, 9.17) is 19.3 Å². The molecule has 4 aliphatic rings. The molecule has 16 heteroatoms. The summed E-state index contributed by atoms with van der Waals surface area (Å²) < 4.78 is 17.9. The zero-order chi connectivity index (χ0) is 37.7. The molecular formula is C37H47N9O7. The van der Waals surface area contributed by atoms with Crippen LogP contribution in [0, 0.1) is 18.3 Å². The fourth-order valence-electron chi connectivity index (χ4n) is 8.26. The number of methoxy groups -OCH3 is 2. The Morgan fingerprint density at radius 1 is 1.04 bits per heavy atom. The molecule has 0 spiro atoms. The number of aromatic amines is 1. The molecule has 4 aromatic rings. The molecule has 16 nitrogen and oxygen atoms in total. The van der Waals surface area contributed by atoms with Crippen molar-refractivity contribution in [3.05, 3.63) is 61.8 Å². The Bertz CT molecular complexity index is 2160. The summed E-state index contributed by atoms with van der Waals surface area (Å²) in [5.41, 5.74) is 1.78. The number of ether oxygens (including phenoxy) is 3. The highest BCUT2D eigenvalue weighted by Crippen LogP contribution is 2.70. The number of hydrogen-bond donors (Lipinski definition) is 2. The number of carbonyl (C=O) groups excluding carboxylic acids is 2. The highest BCUT2D eigenvalue weighted by atomic mass is 16.5. The average molecular weight is 730 g/mol. The van der Waals surface area contributed by atoms with Gasteiger partial charge in [0.05, 0.1) is 19.4 Å². The average Bonchev–Trinajstić information content (AvgIpc) is 3.58. The van der Waals surface area contributed by atoms with Crippen LogP contribution in [0.4, 0.5) is 5.69 Å². The topological polar surface area (TPSA) is 179 Å². The van der Waals surface area contributed by atoms with Crippen LogP contribution in [0.3, 0.4) is 0 Å². The van der Waals surface area contributed by atoms with Crippen LogP contribution in [0.25, 0.3) is 16.9 Å². The number of fused-ring (bicyclic) bond motifs is 1. The van der Waals surface area contributed by atoms with Gasteiger partial charge in [0.2, 0.25) is 28.5 Å². The fraction of sp³-hybridized carbons (Fsp3) is 0.541. The number of nitrogens with zero attached hydrogens (tertiary/aromatic N) is 7. The van der Waals surface area contributed by atoms with Crippen molar-refractivity contribution < 1.29 is 23.8 Å². The molecule has 0 unspecified atom stereocenters. The molecule has 282 valence electrons. The van der Waals surface area contributed by atoms with Crippen LogP contribution in [-0.2, 0) is 22.5 Å². The van der Waals surface area contributed by atoms with E-state index >= 15 is 0 Å². The van der Waals surface area contributed by atoms with Gasteiger partial charge in [0, 0.05) is 68.5 Å². The van der Waals surface area contributed by atoms with Gasteiger partial charge in [-0.3, -0.25) is 19.2 Å². The predicted molar refractivity (Wildman–Crippen MR) is 196 cm³/mol. The molecule has 3 aliphatic carbocycles. The molecule has 3 saturated carbocycles. The van der Waals surface area contributed by atoms with Crippen molar-refractivity contribution in [3.63, 3.8) is 0 Å². The first-order valence-corrected chi connectivity index (χ1v) is 18.2. The van der Waals surface area contributed by atoms with E-state index in [9.17, 15) is 19.2 Å². The monoisotopic (exact) mass is 729 g/mol. The number of H-pyrrole nitrogens is 1. The minimum absolute atomic E-state index is 0.0395. The maximum absolute atomic E-state index is 14.4. The largest absolute Gasteiger partial charge is 0.481 e. The van der Waals surface area contributed by atoms with Gasteiger partial charge in [-0.15, -0.1) is 15.0 Å². The van der Waals surface area contributed by atoms with E-state index in [1.54, 1.807) is 34.7 Å². The number of pyridine rings is 3. The first-order valence-electron chi connectivity index (χ1n) is 18.2. The quantitative estimate of drug-likeness (QED) is 0.193. The molecule has 2 bridgehead atoms. The number of anilines is 1. The highest BCUT2D eigenvalue weighted by molar-refractivity contribution is 5.96. The molecule has 1 saturated heterocycles. The van der Waals surface area contributed by atoms with Crippen molar-refractivity contribution >= 4 is 28.7 Å². The van der Waals surface area contributed by atoms with Crippen LogP contribution in [0.5, 0.6) is 11.8 Å². The normalized spacial score (nSPS) is 20.7. The molecule has 4 aromatic heterocycles. The first-order chi connectivity index (χ1) is 25.4. The smallest absolute Gasteiger partial charge is 0.263 e. The Balaban J connectivity index is 1.20. The van der Waals surface area contributed by atoms with Crippen molar-refractivity contribution in [2.75, 3.05) is 58.5 Å². The molecule has 0 aromatic carbocycles. The molecule has 53 heavy (non-hydrogen) atoms. The Labute approximate surface area is 306 Å². The number of piperazine rings is 1. The fourth-order valence-corrected chi connectivity index (χ4v) is 8.26. The van der Waals surface area contributed by atoms with Crippen molar-refractivity contribution in [1.29, 1.82) is 0 Å². The maximum atomic E-state index is 14.4. The molecule has 2 amide bonds. The van der Waals surface area contributed by atoms with Gasteiger partial charge in [-0.25, -0.2) is 4.98 Å². The number of carbonyl (C=O) groups is 2. The Morgan fingerprint density at radius 3 is 2.43 bits per heavy atom. The van der Waals surface area contributed by atoms with Crippen molar-refractivity contribution in [2.45, 2.75) is 65.5 Å². The summed E-state index contributed by atoms with van der Waals surface area (Å²) >= 11 is 0. The summed E-state index contributed by atoms with van der Waals surface area (Å²) in [6.07, 6.45) is 6.46. The van der Waals surface area contributed by atoms with Gasteiger partial charge in [0.1, 0.15) is 24.4 Å². The van der Waals surface area contributed by atoms with Gasteiger partial charge in [-0.2, -0.15) is 0 Å². The van der Waals surface area contributed by atoms with Gasteiger partial charge in [-0.1, -0.05) is 20.8 Å². The van der Waals surface area contributed by atoms with Gasteiger partial charge in [0.25, 0.3) is 5.91 Å². The molecule has 1 aliphatic heterocycles. The third kappa shape index (κ3) is 6.32. The molecule has 0 radical (unpaired) electrons. The molecule has 5 heterocycles. The number of hydrogen-bond acceptors (Lipinski definition) is 11. The van der Waals surface area contributed by atoms with Crippen LogP contribution in [0.1, 0.15) is 61.6 Å². The van der Waals surface area contributed by atoms with Gasteiger partial charge >= 0.3 is 0 Å². The number of nitrogens with one attached hydrogen (secondary N) is 2. The minimum atomic E-state index is -0.453. The maximum Gasteiger partial charge on any atom is 0.263 e. The second kappa shape index (κ2) is 14.0. The lowest BCUT2D eigenvalue weighted by molar-refractivity contribution is -0.187. The third-order valence-electron chi connectivity index (χ3n) is 11.2. The van der Waals surface area contributed by atoms with Crippen LogP contribution >= 0.6 is 0 Å². The zero-order valence-corrected chi connectivity index (χ0v) is 31.2. The number of aryl methyl sites for hydroxylation is 1. The van der Waals surface area contributed by atoms with Gasteiger partial charge in [-0.05, 0) is 50.0 Å². The first kappa shape index (κ1) is 36.1. The lowest BCUT2D eigenvalue weighted by atomic mass is 9.36. The Hall–Kier alpha value is -5.25. The van der Waals surface area contributed by atoms with E-state index in [0.717, 1.165) is 19.3 Å². The highest BCUT2D eigenvalue weighted by Gasteiger charge is 2.69. The standard InChI is InChI=1S/C37H47N9O7/c1-7-25-30(43-10-12-44(13-11-43)35(50)28-31(48)23(4)17-39-34(28)53-15-14-51-5)32(49)29-33(42-46(41-29)24-8-9-38-27(16-24)52-6)45(25)18-26(47)40-37-19-36(20-37,21-37)22(2)3/h8-9,16-17,22H,7,10-15,18-21H2,1-6H3,(H,39,48)(H,40,47). The molecule has 4 fully saturated rings. The molecule has 8 rings (SSSR count). The lowest BCUT2D eigenvalue weighted by Gasteiger charge is -2.72. The van der Waals surface area contributed by atoms with Gasteiger partial charge < -0.3 is 38.9 Å². The van der Waals surface area contributed by atoms with Crippen LogP contribution in [0.15, 0.2) is 34.1 Å². The van der Waals surface area contributed by atoms with Crippen LogP contribution < -0.4 is 30.5 Å². The Kier molecular flexibility index (Phi) is 9.51. The second-order valence-corrected chi connectivity index (χ2v) is 14.8. The molecule has 0 atom stereocenters. The van der Waals surface area contributed by atoms with E-state index in [2.05, 4.69) is 34.2 Å². The van der Waals surface area contributed by atoms with E-state index in [1.165, 1.54) is 25.2 Å². The summed E-state index contributed by atoms with van der Waals surface area (Å²) in [4.78, 5) is 67.2. The van der Waals surface area contributed by atoms with E-state index < -0.39 is 11.3 Å². The second-order valence-electron chi connectivity index (χ2n) is 14.8. The summed E-state index contributed by atoms with van der Waals surface area (Å²) in [6.45, 7) is 9.59. The summed E-state index contributed by atoms with van der Waals surface area (Å²) in [5, 5.41) is 12.7. The predicted octanol–water partition coefficient (Wildman–Crippen LogP) is 2.23. The lowest BCUT2D eigenvalue weighted by Crippen LogP contribution is -2.76. The summed E-state index contributed by atoms with van der Waals surface area (Å²) in [6, 6.07) is 3.38. The van der Waals surface area contributed by atoms with Crippen LogP contribution in [0.2, 0.25) is 0 Å². The SMILES string of the molecule is CCc1c(N2CCN(C(=O)c3c(OCCOC)[nH]cc(C)c3=O)CC2)c(=O)c2nn(-c3ccnc(OC)c3)nc2n1CC(=O)NC12CC(C(C)C)(C1)C2. The van der Waals surface area contributed by atoms with Crippen LogP contribution in [-0.4, -0.2) is 105 Å². The van der Waals surface area contributed by atoms with E-state index in [0.29, 0.717) is 65.0 Å². The number of rotatable bonds is 13. The summed E-state index contributed by atoms with van der Waals surface area (Å²) in [5.74, 6) is 0.430. The number of aromatic nitrogens is 6. The van der Waals surface area contributed by atoms with Gasteiger partial charge in [0.15, 0.2) is 11.2 Å². The van der Waals surface area contributed by atoms with Crippen molar-refractivity contribution in [2.24, 2.45) is 11.3 Å².